The van der Waals surface area contributed by atoms with E-state index in [1.807, 2.05) is 12.1 Å². The lowest BCUT2D eigenvalue weighted by molar-refractivity contribution is 0.164. The molecule has 0 bridgehead atoms. The Hall–Kier alpha value is -0.260. The van der Waals surface area contributed by atoms with Crippen LogP contribution in [0.3, 0.4) is 0 Å². The summed E-state index contributed by atoms with van der Waals surface area (Å²) in [7, 11) is 3.38. The van der Waals surface area contributed by atoms with Crippen molar-refractivity contribution in [1.82, 2.24) is 0 Å². The van der Waals surface area contributed by atoms with Gasteiger partial charge in [-0.2, -0.15) is 0 Å². The molecule has 1 aromatic rings. The second-order valence-electron chi connectivity index (χ2n) is 3.91. The molecule has 0 fully saturated rings. The number of methoxy groups -OCH3 is 2. The van der Waals surface area contributed by atoms with Crippen LogP contribution in [0.1, 0.15) is 6.92 Å². The van der Waals surface area contributed by atoms with Crippen LogP contribution in [0.5, 0.6) is 5.75 Å². The quantitative estimate of drug-likeness (QED) is 0.827. The van der Waals surface area contributed by atoms with Gasteiger partial charge in [-0.05, 0) is 43.8 Å². The zero-order valence-electron chi connectivity index (χ0n) is 10.2. The zero-order chi connectivity index (χ0) is 12.8. The predicted octanol–water partition coefficient (Wildman–Crippen LogP) is 3.91. The van der Waals surface area contributed by atoms with E-state index in [4.69, 9.17) is 9.47 Å². The highest BCUT2D eigenvalue weighted by Crippen LogP contribution is 2.34. The molecule has 1 atom stereocenters. The lowest BCUT2D eigenvalue weighted by Gasteiger charge is -2.15. The molecule has 5 heteroatoms. The van der Waals surface area contributed by atoms with Crippen molar-refractivity contribution in [2.45, 2.75) is 6.92 Å². The van der Waals surface area contributed by atoms with Crippen molar-refractivity contribution in [2.24, 2.45) is 5.92 Å². The number of nitrogens with one attached hydrogen (secondary N) is 1. The second-order valence-corrected chi connectivity index (χ2v) is 5.62. The predicted molar refractivity (Wildman–Crippen MR) is 77.9 cm³/mol. The van der Waals surface area contributed by atoms with Crippen LogP contribution < -0.4 is 10.1 Å². The summed E-state index contributed by atoms with van der Waals surface area (Å²) in [6, 6.07) is 3.94. The molecule has 1 rings (SSSR count). The van der Waals surface area contributed by atoms with Gasteiger partial charge in [-0.15, -0.1) is 0 Å². The standard InChI is InChI=1S/C12H17Br2NO2/c1-8(7-16-2)6-15-11-5-12(17-3)10(14)4-9(11)13/h4-5,8,15H,6-7H2,1-3H3. The van der Waals surface area contributed by atoms with E-state index in [9.17, 15) is 0 Å². The summed E-state index contributed by atoms with van der Waals surface area (Å²) in [6.45, 7) is 3.75. The van der Waals surface area contributed by atoms with Gasteiger partial charge < -0.3 is 14.8 Å². The van der Waals surface area contributed by atoms with Gasteiger partial charge in [0, 0.05) is 24.2 Å². The first-order valence-corrected chi connectivity index (χ1v) is 6.93. The van der Waals surface area contributed by atoms with Gasteiger partial charge in [0.05, 0.1) is 23.9 Å². The van der Waals surface area contributed by atoms with Crippen LogP contribution >= 0.6 is 31.9 Å². The van der Waals surface area contributed by atoms with Crippen molar-refractivity contribution in [1.29, 1.82) is 0 Å². The van der Waals surface area contributed by atoms with E-state index in [0.717, 1.165) is 33.5 Å². The second kappa shape index (κ2) is 7.24. The Morgan fingerprint density at radius 3 is 2.53 bits per heavy atom. The molecule has 0 aromatic heterocycles. The van der Waals surface area contributed by atoms with E-state index in [-0.39, 0.29) is 0 Å². The Morgan fingerprint density at radius 2 is 1.94 bits per heavy atom. The number of rotatable bonds is 6. The molecule has 1 N–H and O–H groups in total. The first-order valence-electron chi connectivity index (χ1n) is 5.34. The first-order chi connectivity index (χ1) is 8.08. The molecule has 0 amide bonds. The van der Waals surface area contributed by atoms with Crippen LogP contribution in [-0.2, 0) is 4.74 Å². The van der Waals surface area contributed by atoms with Crippen molar-refractivity contribution in [3.8, 4) is 5.75 Å². The Labute approximate surface area is 119 Å². The number of halogens is 2. The summed E-state index contributed by atoms with van der Waals surface area (Å²) in [5.74, 6) is 1.27. The lowest BCUT2D eigenvalue weighted by Crippen LogP contribution is -2.16. The summed E-state index contributed by atoms with van der Waals surface area (Å²) < 4.78 is 12.3. The Bertz CT molecular complexity index is 372. The van der Waals surface area contributed by atoms with E-state index in [2.05, 4.69) is 44.1 Å². The normalized spacial score (nSPS) is 12.3. The van der Waals surface area contributed by atoms with E-state index >= 15 is 0 Å². The van der Waals surface area contributed by atoms with Gasteiger partial charge in [0.1, 0.15) is 5.75 Å². The fourth-order valence-electron chi connectivity index (χ4n) is 1.45. The average molecular weight is 367 g/mol. The molecule has 17 heavy (non-hydrogen) atoms. The Balaban J connectivity index is 2.70. The van der Waals surface area contributed by atoms with E-state index < -0.39 is 0 Å². The van der Waals surface area contributed by atoms with Crippen LogP contribution in [0.15, 0.2) is 21.1 Å². The van der Waals surface area contributed by atoms with E-state index in [1.54, 1.807) is 14.2 Å². The molecule has 0 aliphatic heterocycles. The highest BCUT2D eigenvalue weighted by molar-refractivity contribution is 9.11. The van der Waals surface area contributed by atoms with Crippen molar-refractivity contribution in [3.05, 3.63) is 21.1 Å². The van der Waals surface area contributed by atoms with Crippen molar-refractivity contribution < 1.29 is 9.47 Å². The van der Waals surface area contributed by atoms with Gasteiger partial charge in [0.2, 0.25) is 0 Å². The summed E-state index contributed by atoms with van der Waals surface area (Å²) >= 11 is 6.96. The summed E-state index contributed by atoms with van der Waals surface area (Å²) in [6.07, 6.45) is 0. The molecular formula is C12H17Br2NO2. The maximum atomic E-state index is 5.26. The molecule has 0 aliphatic carbocycles. The number of hydrogen-bond donors (Lipinski definition) is 1. The Morgan fingerprint density at radius 1 is 1.24 bits per heavy atom. The molecule has 0 radical (unpaired) electrons. The molecule has 0 saturated heterocycles. The number of ether oxygens (including phenoxy) is 2. The molecule has 0 saturated carbocycles. The van der Waals surface area contributed by atoms with Crippen molar-refractivity contribution in [3.63, 3.8) is 0 Å². The number of anilines is 1. The highest BCUT2D eigenvalue weighted by atomic mass is 79.9. The molecule has 0 heterocycles. The average Bonchev–Trinajstić information content (AvgIpc) is 2.28. The molecule has 0 aliphatic rings. The topological polar surface area (TPSA) is 30.5 Å². The monoisotopic (exact) mass is 365 g/mol. The molecule has 3 nitrogen and oxygen atoms in total. The van der Waals surface area contributed by atoms with E-state index in [0.29, 0.717) is 5.92 Å². The largest absolute Gasteiger partial charge is 0.495 e. The molecule has 96 valence electrons. The summed E-state index contributed by atoms with van der Waals surface area (Å²) in [5.41, 5.74) is 1.02. The molecular weight excluding hydrogens is 350 g/mol. The number of benzene rings is 1. The van der Waals surface area contributed by atoms with Crippen LogP contribution in [0.2, 0.25) is 0 Å². The van der Waals surface area contributed by atoms with Gasteiger partial charge >= 0.3 is 0 Å². The third-order valence-electron chi connectivity index (χ3n) is 2.33. The van der Waals surface area contributed by atoms with Crippen LogP contribution in [0.4, 0.5) is 5.69 Å². The minimum Gasteiger partial charge on any atom is -0.495 e. The fraction of sp³-hybridized carbons (Fsp3) is 0.500. The summed E-state index contributed by atoms with van der Waals surface area (Å²) in [4.78, 5) is 0. The number of hydrogen-bond acceptors (Lipinski definition) is 3. The van der Waals surface area contributed by atoms with Crippen molar-refractivity contribution in [2.75, 3.05) is 32.7 Å². The van der Waals surface area contributed by atoms with Crippen LogP contribution in [0.25, 0.3) is 0 Å². The minimum atomic E-state index is 0.460. The van der Waals surface area contributed by atoms with Crippen LogP contribution in [0, 0.1) is 5.92 Å². The minimum absolute atomic E-state index is 0.460. The maximum Gasteiger partial charge on any atom is 0.135 e. The molecule has 1 unspecified atom stereocenters. The smallest absolute Gasteiger partial charge is 0.135 e. The summed E-state index contributed by atoms with van der Waals surface area (Å²) in [5, 5.41) is 3.37. The third-order valence-corrected chi connectivity index (χ3v) is 3.61. The maximum absolute atomic E-state index is 5.26. The SMILES string of the molecule is COCC(C)CNc1cc(OC)c(Br)cc1Br. The van der Waals surface area contributed by atoms with Crippen LogP contribution in [-0.4, -0.2) is 27.4 Å². The third kappa shape index (κ3) is 4.48. The van der Waals surface area contributed by atoms with Gasteiger partial charge in [0.25, 0.3) is 0 Å². The first kappa shape index (κ1) is 14.8. The van der Waals surface area contributed by atoms with Gasteiger partial charge in [-0.3, -0.25) is 0 Å². The zero-order valence-corrected chi connectivity index (χ0v) is 13.4. The van der Waals surface area contributed by atoms with Gasteiger partial charge in [0.15, 0.2) is 0 Å². The van der Waals surface area contributed by atoms with Crippen molar-refractivity contribution >= 4 is 37.5 Å². The molecule has 0 spiro atoms. The highest BCUT2D eigenvalue weighted by Gasteiger charge is 2.08. The van der Waals surface area contributed by atoms with E-state index in [1.165, 1.54) is 0 Å². The lowest BCUT2D eigenvalue weighted by atomic mass is 10.2. The molecule has 1 aromatic carbocycles. The van der Waals surface area contributed by atoms with Gasteiger partial charge in [-0.25, -0.2) is 0 Å². The van der Waals surface area contributed by atoms with Gasteiger partial charge in [-0.1, -0.05) is 6.92 Å². The Kier molecular flexibility index (Phi) is 6.30. The fourth-order valence-corrected chi connectivity index (χ4v) is 2.74.